The molecule has 0 N–H and O–H groups in total. The van der Waals surface area contributed by atoms with Crippen molar-refractivity contribution in [2.45, 2.75) is 4.90 Å². The van der Waals surface area contributed by atoms with Crippen LogP contribution in [0.1, 0.15) is 10.4 Å². The summed E-state index contributed by atoms with van der Waals surface area (Å²) in [6.07, 6.45) is 0. The van der Waals surface area contributed by atoms with Crippen molar-refractivity contribution in [2.75, 3.05) is 26.2 Å². The van der Waals surface area contributed by atoms with Crippen molar-refractivity contribution >= 4 is 37.5 Å². The number of nitro groups is 1. The van der Waals surface area contributed by atoms with Gasteiger partial charge in [-0.05, 0) is 40.2 Å². The number of sulfonamides is 1. The Morgan fingerprint density at radius 1 is 1.11 bits per heavy atom. The van der Waals surface area contributed by atoms with Gasteiger partial charge >= 0.3 is 0 Å². The summed E-state index contributed by atoms with van der Waals surface area (Å²) in [6, 6.07) is 8.59. The molecule has 0 saturated carbocycles. The molecule has 0 aromatic heterocycles. The van der Waals surface area contributed by atoms with Crippen LogP contribution in [0.5, 0.6) is 0 Å². The maximum Gasteiger partial charge on any atom is 0.270 e. The summed E-state index contributed by atoms with van der Waals surface area (Å²) in [5.74, 6) is -0.810. The minimum Gasteiger partial charge on any atom is -0.336 e. The van der Waals surface area contributed by atoms with Crippen LogP contribution in [0.4, 0.5) is 10.1 Å². The third-order valence-electron chi connectivity index (χ3n) is 4.35. The molecule has 0 bridgehead atoms. The molecule has 0 spiro atoms. The van der Waals surface area contributed by atoms with E-state index in [0.717, 1.165) is 6.07 Å². The molecule has 2 aromatic rings. The first kappa shape index (κ1) is 20.4. The van der Waals surface area contributed by atoms with Gasteiger partial charge in [-0.15, -0.1) is 0 Å². The van der Waals surface area contributed by atoms with Crippen LogP contribution in [0.2, 0.25) is 0 Å². The number of nitro benzene ring substituents is 1. The summed E-state index contributed by atoms with van der Waals surface area (Å²) in [5, 5.41) is 10.9. The maximum atomic E-state index is 13.2. The van der Waals surface area contributed by atoms with Crippen LogP contribution < -0.4 is 0 Å². The van der Waals surface area contributed by atoms with Gasteiger partial charge in [0.25, 0.3) is 11.6 Å². The number of carbonyl (C=O) groups excluding carboxylic acids is 1. The first-order valence-corrected chi connectivity index (χ1v) is 10.4. The van der Waals surface area contributed by atoms with E-state index in [-0.39, 0.29) is 48.2 Å². The van der Waals surface area contributed by atoms with Crippen LogP contribution in [0.15, 0.2) is 51.8 Å². The highest BCUT2D eigenvalue weighted by molar-refractivity contribution is 9.10. The molecule has 28 heavy (non-hydrogen) atoms. The zero-order valence-corrected chi connectivity index (χ0v) is 16.8. The lowest BCUT2D eigenvalue weighted by molar-refractivity contribution is -0.385. The minimum atomic E-state index is -3.91. The van der Waals surface area contributed by atoms with E-state index in [1.165, 1.54) is 45.6 Å². The van der Waals surface area contributed by atoms with Gasteiger partial charge in [0.15, 0.2) is 0 Å². The van der Waals surface area contributed by atoms with E-state index >= 15 is 0 Å². The van der Waals surface area contributed by atoms with Crippen LogP contribution in [0.25, 0.3) is 0 Å². The van der Waals surface area contributed by atoms with Crippen molar-refractivity contribution in [3.05, 3.63) is 68.4 Å². The summed E-state index contributed by atoms with van der Waals surface area (Å²) < 4.78 is 40.2. The number of piperazine rings is 1. The van der Waals surface area contributed by atoms with Crippen molar-refractivity contribution in [1.82, 2.24) is 9.21 Å². The molecule has 3 rings (SSSR count). The average Bonchev–Trinajstić information content (AvgIpc) is 2.67. The predicted molar refractivity (Wildman–Crippen MR) is 102 cm³/mol. The van der Waals surface area contributed by atoms with Gasteiger partial charge in [0.1, 0.15) is 5.82 Å². The Bertz CT molecular complexity index is 1040. The Morgan fingerprint density at radius 3 is 2.39 bits per heavy atom. The Balaban J connectivity index is 1.73. The zero-order chi connectivity index (χ0) is 20.5. The van der Waals surface area contributed by atoms with Crippen LogP contribution in [0.3, 0.4) is 0 Å². The van der Waals surface area contributed by atoms with E-state index in [4.69, 9.17) is 0 Å². The fourth-order valence-corrected chi connectivity index (χ4v) is 4.85. The minimum absolute atomic E-state index is 0.0512. The summed E-state index contributed by atoms with van der Waals surface area (Å²) in [4.78, 5) is 24.2. The van der Waals surface area contributed by atoms with E-state index in [9.17, 15) is 27.7 Å². The van der Waals surface area contributed by atoms with Gasteiger partial charge in [0, 0.05) is 42.8 Å². The molecular formula is C17H15BrFN3O5S. The lowest BCUT2D eigenvalue weighted by Gasteiger charge is -2.34. The number of rotatable bonds is 4. The molecule has 1 fully saturated rings. The van der Waals surface area contributed by atoms with Crippen molar-refractivity contribution in [3.63, 3.8) is 0 Å². The molecule has 0 aliphatic carbocycles. The molecular weight excluding hydrogens is 457 g/mol. The van der Waals surface area contributed by atoms with Gasteiger partial charge in [-0.3, -0.25) is 14.9 Å². The highest BCUT2D eigenvalue weighted by Gasteiger charge is 2.31. The topological polar surface area (TPSA) is 101 Å². The average molecular weight is 472 g/mol. The molecule has 11 heteroatoms. The summed E-state index contributed by atoms with van der Waals surface area (Å²) in [7, 11) is -3.91. The number of halogens is 2. The second-order valence-electron chi connectivity index (χ2n) is 6.07. The van der Waals surface area contributed by atoms with Gasteiger partial charge in [-0.1, -0.05) is 6.07 Å². The van der Waals surface area contributed by atoms with Gasteiger partial charge in [0.2, 0.25) is 10.0 Å². The zero-order valence-electron chi connectivity index (χ0n) is 14.4. The molecule has 0 atom stereocenters. The monoisotopic (exact) mass is 471 g/mol. The van der Waals surface area contributed by atoms with E-state index in [2.05, 4.69) is 15.9 Å². The lowest BCUT2D eigenvalue weighted by Crippen LogP contribution is -2.50. The molecule has 1 saturated heterocycles. The first-order chi connectivity index (χ1) is 13.2. The molecule has 1 aliphatic rings. The number of benzene rings is 2. The number of amides is 1. The van der Waals surface area contributed by atoms with Gasteiger partial charge in [-0.2, -0.15) is 4.31 Å². The maximum absolute atomic E-state index is 13.2. The summed E-state index contributed by atoms with van der Waals surface area (Å²) >= 11 is 3.16. The molecule has 1 aliphatic heterocycles. The smallest absolute Gasteiger partial charge is 0.270 e. The van der Waals surface area contributed by atoms with E-state index in [1.54, 1.807) is 0 Å². The summed E-state index contributed by atoms with van der Waals surface area (Å²) in [5.41, 5.74) is -0.0209. The number of carbonyl (C=O) groups is 1. The SMILES string of the molecule is O=C(c1ccc(F)cc1Br)N1CCN(S(=O)(=O)c2cccc([N+](=O)[O-])c2)CC1. The number of non-ortho nitro benzene ring substituents is 1. The molecule has 0 unspecified atom stereocenters. The Labute approximate surface area is 168 Å². The molecule has 2 aromatic carbocycles. The quantitative estimate of drug-likeness (QED) is 0.503. The molecule has 8 nitrogen and oxygen atoms in total. The third kappa shape index (κ3) is 4.05. The predicted octanol–water partition coefficient (Wildman–Crippen LogP) is 2.64. The fraction of sp³-hybridized carbons (Fsp3) is 0.235. The van der Waals surface area contributed by atoms with Crippen molar-refractivity contribution < 1.29 is 22.5 Å². The third-order valence-corrected chi connectivity index (χ3v) is 6.90. The standard InChI is InChI=1S/C17H15BrFN3O5S/c18-16-10-12(19)4-5-15(16)17(23)20-6-8-21(9-7-20)28(26,27)14-3-1-2-13(11-14)22(24)25/h1-5,10-11H,6-9H2. The lowest BCUT2D eigenvalue weighted by atomic mass is 10.2. The summed E-state index contributed by atoms with van der Waals surface area (Å²) in [6.45, 7) is 0.402. The van der Waals surface area contributed by atoms with E-state index in [1.807, 2.05) is 0 Å². The number of hydrogen-bond acceptors (Lipinski definition) is 5. The molecule has 1 amide bonds. The number of hydrogen-bond donors (Lipinski definition) is 0. The van der Waals surface area contributed by atoms with E-state index < -0.39 is 20.8 Å². The van der Waals surface area contributed by atoms with Crippen LogP contribution in [-0.4, -0.2) is 54.6 Å². The molecule has 0 radical (unpaired) electrons. The molecule has 1 heterocycles. The Kier molecular flexibility index (Phi) is 5.77. The Hall–Kier alpha value is -2.37. The number of nitrogens with zero attached hydrogens (tertiary/aromatic N) is 3. The second-order valence-corrected chi connectivity index (χ2v) is 8.87. The van der Waals surface area contributed by atoms with Crippen LogP contribution in [-0.2, 0) is 10.0 Å². The van der Waals surface area contributed by atoms with Crippen molar-refractivity contribution in [1.29, 1.82) is 0 Å². The van der Waals surface area contributed by atoms with Crippen LogP contribution >= 0.6 is 15.9 Å². The van der Waals surface area contributed by atoms with E-state index in [0.29, 0.717) is 4.47 Å². The highest BCUT2D eigenvalue weighted by atomic mass is 79.9. The van der Waals surface area contributed by atoms with Crippen molar-refractivity contribution in [2.24, 2.45) is 0 Å². The van der Waals surface area contributed by atoms with Crippen LogP contribution in [0, 0.1) is 15.9 Å². The fourth-order valence-electron chi connectivity index (χ4n) is 2.87. The van der Waals surface area contributed by atoms with Crippen molar-refractivity contribution in [3.8, 4) is 0 Å². The Morgan fingerprint density at radius 2 is 1.79 bits per heavy atom. The largest absolute Gasteiger partial charge is 0.336 e. The van der Waals surface area contributed by atoms with Gasteiger partial charge in [0.05, 0.1) is 15.4 Å². The first-order valence-electron chi connectivity index (χ1n) is 8.19. The highest BCUT2D eigenvalue weighted by Crippen LogP contribution is 2.24. The second kappa shape index (κ2) is 7.94. The van der Waals surface area contributed by atoms with Gasteiger partial charge < -0.3 is 4.90 Å². The molecule has 148 valence electrons. The van der Waals surface area contributed by atoms with Gasteiger partial charge in [-0.25, -0.2) is 12.8 Å². The normalized spacial score (nSPS) is 15.4.